The average molecular weight is 356 g/mol. The van der Waals surface area contributed by atoms with E-state index in [1.165, 1.54) is 32.1 Å². The van der Waals surface area contributed by atoms with Gasteiger partial charge in [-0.3, -0.25) is 4.79 Å². The second-order valence-corrected chi connectivity index (χ2v) is 7.00. The monoisotopic (exact) mass is 355 g/mol. The molecule has 2 atom stereocenters. The molecule has 0 amide bonds. The Balaban J connectivity index is 2.06. The maximum Gasteiger partial charge on any atom is 0.283 e. The van der Waals surface area contributed by atoms with Crippen LogP contribution in [0, 0.1) is 5.92 Å². The molecule has 1 saturated carbocycles. The number of hydrogen-bond acceptors (Lipinski definition) is 3. The summed E-state index contributed by atoms with van der Waals surface area (Å²) in [5.41, 5.74) is 0.808. The van der Waals surface area contributed by atoms with Crippen LogP contribution >= 0.6 is 15.9 Å². The van der Waals surface area contributed by atoms with Crippen LogP contribution in [-0.2, 0) is 6.54 Å². The van der Waals surface area contributed by atoms with Gasteiger partial charge in [-0.05, 0) is 47.5 Å². The Morgan fingerprint density at radius 3 is 2.95 bits per heavy atom. The van der Waals surface area contributed by atoms with Gasteiger partial charge in [0.1, 0.15) is 4.47 Å². The Kier molecular flexibility index (Phi) is 6.27. The molecule has 1 aliphatic carbocycles. The summed E-state index contributed by atoms with van der Waals surface area (Å²) >= 11 is 3.45. The van der Waals surface area contributed by atoms with Gasteiger partial charge in [-0.1, -0.05) is 33.1 Å². The van der Waals surface area contributed by atoms with E-state index in [9.17, 15) is 4.79 Å². The van der Waals surface area contributed by atoms with Gasteiger partial charge in [0.2, 0.25) is 0 Å². The zero-order valence-electron chi connectivity index (χ0n) is 13.1. The number of halogens is 1. The summed E-state index contributed by atoms with van der Waals surface area (Å²) in [7, 11) is 0. The highest BCUT2D eigenvalue weighted by Crippen LogP contribution is 2.26. The lowest BCUT2D eigenvalue weighted by Gasteiger charge is -2.19. The van der Waals surface area contributed by atoms with E-state index >= 15 is 0 Å². The largest absolute Gasteiger partial charge is 0.380 e. The van der Waals surface area contributed by atoms with Crippen LogP contribution in [0.25, 0.3) is 0 Å². The van der Waals surface area contributed by atoms with Gasteiger partial charge in [0.15, 0.2) is 0 Å². The molecule has 1 aliphatic rings. The number of aryl methyl sites for hydroxylation is 1. The molecule has 0 radical (unpaired) electrons. The third-order valence-corrected chi connectivity index (χ3v) is 5.09. The van der Waals surface area contributed by atoms with E-state index in [0.717, 1.165) is 24.4 Å². The molecule has 2 unspecified atom stereocenters. The van der Waals surface area contributed by atoms with Crippen molar-refractivity contribution < 1.29 is 0 Å². The van der Waals surface area contributed by atoms with Gasteiger partial charge in [-0.15, -0.1) is 0 Å². The van der Waals surface area contributed by atoms with Crippen molar-refractivity contribution in [3.8, 4) is 0 Å². The van der Waals surface area contributed by atoms with Gasteiger partial charge < -0.3 is 5.32 Å². The van der Waals surface area contributed by atoms with Gasteiger partial charge in [0.25, 0.3) is 5.56 Å². The molecule has 21 heavy (non-hydrogen) atoms. The summed E-state index contributed by atoms with van der Waals surface area (Å²) in [5.74, 6) is 0.820. The van der Waals surface area contributed by atoms with Crippen LogP contribution in [0.2, 0.25) is 0 Å². The molecule has 0 aromatic carbocycles. The Labute approximate surface area is 135 Å². The number of nitrogens with one attached hydrogen (secondary N) is 1. The van der Waals surface area contributed by atoms with E-state index in [2.05, 4.69) is 40.2 Å². The fourth-order valence-corrected chi connectivity index (χ4v) is 3.31. The Morgan fingerprint density at radius 2 is 2.19 bits per heavy atom. The molecule has 0 aliphatic heterocycles. The molecule has 1 heterocycles. The fourth-order valence-electron chi connectivity index (χ4n) is 2.88. The van der Waals surface area contributed by atoms with E-state index < -0.39 is 0 Å². The standard InChI is InChI=1S/C16H26BrN3O/c1-3-4-10-20-16(21)15(17)14(11-18-20)19-13-7-5-6-12(2)8-9-13/h11-13,19H,3-10H2,1-2H3. The minimum atomic E-state index is -0.0320. The van der Waals surface area contributed by atoms with Crippen LogP contribution in [0.3, 0.4) is 0 Å². The average Bonchev–Trinajstić information content (AvgIpc) is 2.68. The Hall–Kier alpha value is -0.840. The van der Waals surface area contributed by atoms with E-state index in [1.54, 1.807) is 10.9 Å². The normalized spacial score (nSPS) is 22.8. The Morgan fingerprint density at radius 1 is 1.38 bits per heavy atom. The van der Waals surface area contributed by atoms with Crippen molar-refractivity contribution in [2.24, 2.45) is 5.92 Å². The van der Waals surface area contributed by atoms with Gasteiger partial charge >= 0.3 is 0 Å². The lowest BCUT2D eigenvalue weighted by Crippen LogP contribution is -2.27. The predicted octanol–water partition coefficient (Wildman–Crippen LogP) is 4.19. The van der Waals surface area contributed by atoms with Gasteiger partial charge in [-0.2, -0.15) is 5.10 Å². The van der Waals surface area contributed by atoms with Gasteiger partial charge in [0, 0.05) is 12.6 Å². The van der Waals surface area contributed by atoms with E-state index in [1.807, 2.05) is 0 Å². The zero-order valence-corrected chi connectivity index (χ0v) is 14.7. The molecule has 1 aromatic rings. The number of anilines is 1. The number of hydrogen-bond donors (Lipinski definition) is 1. The summed E-state index contributed by atoms with van der Waals surface area (Å²) in [6, 6.07) is 0.457. The van der Waals surface area contributed by atoms with E-state index in [-0.39, 0.29) is 5.56 Å². The summed E-state index contributed by atoms with van der Waals surface area (Å²) < 4.78 is 2.17. The fraction of sp³-hybridized carbons (Fsp3) is 0.750. The van der Waals surface area contributed by atoms with Crippen molar-refractivity contribution in [3.63, 3.8) is 0 Å². The topological polar surface area (TPSA) is 46.9 Å². The maximum atomic E-state index is 12.3. The number of unbranched alkanes of at least 4 members (excludes halogenated alkanes) is 1. The minimum Gasteiger partial charge on any atom is -0.380 e. The lowest BCUT2D eigenvalue weighted by atomic mass is 10.0. The van der Waals surface area contributed by atoms with Crippen LogP contribution in [0.4, 0.5) is 5.69 Å². The first kappa shape index (κ1) is 16.5. The molecule has 1 N–H and O–H groups in total. The summed E-state index contributed by atoms with van der Waals surface area (Å²) in [4.78, 5) is 12.3. The quantitative estimate of drug-likeness (QED) is 0.805. The highest BCUT2D eigenvalue weighted by molar-refractivity contribution is 9.10. The molecule has 0 spiro atoms. The second-order valence-electron chi connectivity index (χ2n) is 6.21. The van der Waals surface area contributed by atoms with E-state index in [0.29, 0.717) is 17.1 Å². The van der Waals surface area contributed by atoms with Crippen LogP contribution in [-0.4, -0.2) is 15.8 Å². The third kappa shape index (κ3) is 4.56. The summed E-state index contributed by atoms with van der Waals surface area (Å²) in [6.07, 6.45) is 10.0. The first-order valence-corrected chi connectivity index (χ1v) is 8.93. The highest BCUT2D eigenvalue weighted by Gasteiger charge is 2.18. The van der Waals surface area contributed by atoms with Crippen molar-refractivity contribution in [1.29, 1.82) is 0 Å². The molecular weight excluding hydrogens is 330 g/mol. The van der Waals surface area contributed by atoms with Crippen molar-refractivity contribution >= 4 is 21.6 Å². The maximum absolute atomic E-state index is 12.3. The molecule has 0 bridgehead atoms. The SMILES string of the molecule is CCCCn1ncc(NC2CCCC(C)CC2)c(Br)c1=O. The van der Waals surface area contributed by atoms with Gasteiger partial charge in [0.05, 0.1) is 11.9 Å². The van der Waals surface area contributed by atoms with Crippen molar-refractivity contribution in [1.82, 2.24) is 9.78 Å². The summed E-state index contributed by atoms with van der Waals surface area (Å²) in [6.45, 7) is 5.13. The minimum absolute atomic E-state index is 0.0320. The first-order chi connectivity index (χ1) is 10.1. The van der Waals surface area contributed by atoms with Gasteiger partial charge in [-0.25, -0.2) is 4.68 Å². The molecule has 1 aromatic heterocycles. The highest BCUT2D eigenvalue weighted by atomic mass is 79.9. The first-order valence-electron chi connectivity index (χ1n) is 8.14. The molecule has 0 saturated heterocycles. The number of aromatic nitrogens is 2. The zero-order chi connectivity index (χ0) is 15.2. The Bertz CT molecular complexity index is 515. The summed E-state index contributed by atoms with van der Waals surface area (Å²) in [5, 5.41) is 7.80. The van der Waals surface area contributed by atoms with Crippen LogP contribution in [0.15, 0.2) is 15.5 Å². The van der Waals surface area contributed by atoms with E-state index in [4.69, 9.17) is 0 Å². The van der Waals surface area contributed by atoms with Crippen molar-refractivity contribution in [3.05, 3.63) is 21.0 Å². The molecule has 5 heteroatoms. The van der Waals surface area contributed by atoms with Crippen LogP contribution in [0.5, 0.6) is 0 Å². The second kappa shape index (κ2) is 7.97. The van der Waals surface area contributed by atoms with Crippen LogP contribution in [0.1, 0.15) is 58.8 Å². The predicted molar refractivity (Wildman–Crippen MR) is 90.8 cm³/mol. The van der Waals surface area contributed by atoms with Crippen LogP contribution < -0.4 is 10.9 Å². The molecule has 2 rings (SSSR count). The third-order valence-electron chi connectivity index (χ3n) is 4.33. The number of rotatable bonds is 5. The lowest BCUT2D eigenvalue weighted by molar-refractivity contribution is 0.501. The van der Waals surface area contributed by atoms with Crippen molar-refractivity contribution in [2.75, 3.05) is 5.32 Å². The molecule has 118 valence electrons. The number of nitrogens with zero attached hydrogens (tertiary/aromatic N) is 2. The molecule has 4 nitrogen and oxygen atoms in total. The van der Waals surface area contributed by atoms with Crippen molar-refractivity contribution in [2.45, 2.75) is 71.4 Å². The smallest absolute Gasteiger partial charge is 0.283 e. The molecular formula is C16H26BrN3O. The molecule has 1 fully saturated rings.